The zero-order valence-corrected chi connectivity index (χ0v) is 10.1. The summed E-state index contributed by atoms with van der Waals surface area (Å²) in [5.74, 6) is 2.01. The monoisotopic (exact) mass is 253 g/mol. The first-order chi connectivity index (χ1) is 8.26. The van der Waals surface area contributed by atoms with Crippen LogP contribution >= 0.6 is 11.6 Å². The van der Waals surface area contributed by atoms with Crippen LogP contribution in [0.4, 0.5) is 5.82 Å². The SMILES string of the molecule is COc1cc2c(N)ncnc2cc1OCCCl. The van der Waals surface area contributed by atoms with Crippen molar-refractivity contribution in [3.63, 3.8) is 0 Å². The van der Waals surface area contributed by atoms with Gasteiger partial charge >= 0.3 is 0 Å². The zero-order chi connectivity index (χ0) is 12.3. The van der Waals surface area contributed by atoms with Gasteiger partial charge in [0.05, 0.1) is 18.5 Å². The largest absolute Gasteiger partial charge is 0.493 e. The number of nitrogens with zero attached hydrogens (tertiary/aromatic N) is 2. The average Bonchev–Trinajstić information content (AvgIpc) is 2.36. The molecule has 0 aliphatic carbocycles. The number of methoxy groups -OCH3 is 1. The number of nitrogens with two attached hydrogens (primary N) is 1. The van der Waals surface area contributed by atoms with Crippen molar-refractivity contribution in [2.24, 2.45) is 0 Å². The van der Waals surface area contributed by atoms with E-state index in [9.17, 15) is 0 Å². The standard InChI is InChI=1S/C11H12ClN3O2/c1-16-9-4-7-8(14-6-15-11(7)13)5-10(9)17-3-2-12/h4-6H,2-3H2,1H3,(H2,13,14,15). The van der Waals surface area contributed by atoms with Crippen molar-refractivity contribution in [1.29, 1.82) is 0 Å². The molecule has 0 bridgehead atoms. The second kappa shape index (κ2) is 5.05. The van der Waals surface area contributed by atoms with Crippen LogP contribution in [0.25, 0.3) is 10.9 Å². The van der Waals surface area contributed by atoms with Crippen molar-refractivity contribution in [3.8, 4) is 11.5 Å². The molecule has 0 amide bonds. The number of halogens is 1. The molecule has 0 aliphatic heterocycles. The lowest BCUT2D eigenvalue weighted by molar-refractivity contribution is 0.313. The maximum Gasteiger partial charge on any atom is 0.163 e. The van der Waals surface area contributed by atoms with Crippen molar-refractivity contribution in [2.45, 2.75) is 0 Å². The highest BCUT2D eigenvalue weighted by molar-refractivity contribution is 6.18. The van der Waals surface area contributed by atoms with Gasteiger partial charge in [0.1, 0.15) is 18.8 Å². The second-order valence-corrected chi connectivity index (χ2v) is 3.69. The van der Waals surface area contributed by atoms with Crippen LogP contribution in [-0.4, -0.2) is 29.6 Å². The Kier molecular flexibility index (Phi) is 3.49. The second-order valence-electron chi connectivity index (χ2n) is 3.32. The normalized spacial score (nSPS) is 10.5. The van der Waals surface area contributed by atoms with Gasteiger partial charge in [0.15, 0.2) is 11.5 Å². The molecule has 1 aromatic carbocycles. The summed E-state index contributed by atoms with van der Waals surface area (Å²) in [6.45, 7) is 0.407. The summed E-state index contributed by atoms with van der Waals surface area (Å²) in [6.07, 6.45) is 1.41. The fourth-order valence-corrected chi connectivity index (χ4v) is 1.58. The molecule has 1 heterocycles. The maximum absolute atomic E-state index is 5.76. The van der Waals surface area contributed by atoms with Crippen molar-refractivity contribution in [3.05, 3.63) is 18.5 Å². The molecule has 2 aromatic rings. The first kappa shape index (κ1) is 11.7. The molecule has 1 aromatic heterocycles. The van der Waals surface area contributed by atoms with Crippen LogP contribution in [0.2, 0.25) is 0 Å². The third-order valence-corrected chi connectivity index (χ3v) is 2.44. The van der Waals surface area contributed by atoms with Gasteiger partial charge in [-0.2, -0.15) is 0 Å². The molecule has 0 fully saturated rings. The Morgan fingerprint density at radius 2 is 2.12 bits per heavy atom. The van der Waals surface area contributed by atoms with E-state index in [2.05, 4.69) is 9.97 Å². The summed E-state index contributed by atoms with van der Waals surface area (Å²) in [7, 11) is 1.56. The summed E-state index contributed by atoms with van der Waals surface area (Å²) in [5.41, 5.74) is 6.47. The number of hydrogen-bond acceptors (Lipinski definition) is 5. The Morgan fingerprint density at radius 3 is 2.82 bits per heavy atom. The van der Waals surface area contributed by atoms with Gasteiger partial charge < -0.3 is 15.2 Å². The van der Waals surface area contributed by atoms with E-state index in [1.807, 2.05) is 0 Å². The number of fused-ring (bicyclic) bond motifs is 1. The van der Waals surface area contributed by atoms with Crippen molar-refractivity contribution in [1.82, 2.24) is 9.97 Å². The van der Waals surface area contributed by atoms with E-state index in [4.69, 9.17) is 26.8 Å². The van der Waals surface area contributed by atoms with E-state index in [0.717, 1.165) is 5.39 Å². The van der Waals surface area contributed by atoms with Crippen molar-refractivity contribution in [2.75, 3.05) is 25.3 Å². The van der Waals surface area contributed by atoms with Gasteiger partial charge in [-0.3, -0.25) is 0 Å². The van der Waals surface area contributed by atoms with Gasteiger partial charge in [0.25, 0.3) is 0 Å². The topological polar surface area (TPSA) is 70.3 Å². The molecule has 2 rings (SSSR count). The Labute approximate surface area is 104 Å². The van der Waals surface area contributed by atoms with E-state index < -0.39 is 0 Å². The first-order valence-corrected chi connectivity index (χ1v) is 5.56. The Hall–Kier alpha value is -1.75. The smallest absolute Gasteiger partial charge is 0.163 e. The van der Waals surface area contributed by atoms with E-state index in [-0.39, 0.29) is 0 Å². The van der Waals surface area contributed by atoms with Crippen LogP contribution in [0.3, 0.4) is 0 Å². The minimum Gasteiger partial charge on any atom is -0.493 e. The molecule has 0 spiro atoms. The molecule has 0 radical (unpaired) electrons. The number of alkyl halides is 1. The highest BCUT2D eigenvalue weighted by Crippen LogP contribution is 2.32. The summed E-state index contributed by atoms with van der Waals surface area (Å²) in [6, 6.07) is 3.52. The summed E-state index contributed by atoms with van der Waals surface area (Å²) in [5, 5.41) is 0.738. The highest BCUT2D eigenvalue weighted by atomic mass is 35.5. The quantitative estimate of drug-likeness (QED) is 0.842. The third kappa shape index (κ3) is 2.34. The Balaban J connectivity index is 2.52. The van der Waals surface area contributed by atoms with Crippen LogP contribution < -0.4 is 15.2 Å². The predicted molar refractivity (Wildman–Crippen MR) is 66.7 cm³/mol. The zero-order valence-electron chi connectivity index (χ0n) is 9.31. The van der Waals surface area contributed by atoms with Gasteiger partial charge in [-0.25, -0.2) is 9.97 Å². The summed E-state index contributed by atoms with van der Waals surface area (Å²) in [4.78, 5) is 8.05. The number of hydrogen-bond donors (Lipinski definition) is 1. The third-order valence-electron chi connectivity index (χ3n) is 2.29. The maximum atomic E-state index is 5.76. The molecule has 0 aliphatic rings. The van der Waals surface area contributed by atoms with E-state index in [0.29, 0.717) is 35.3 Å². The fourth-order valence-electron chi connectivity index (χ4n) is 1.50. The van der Waals surface area contributed by atoms with Crippen LogP contribution in [0.1, 0.15) is 0 Å². The van der Waals surface area contributed by atoms with Crippen molar-refractivity contribution >= 4 is 28.3 Å². The minimum atomic E-state index is 0.407. The number of ether oxygens (including phenoxy) is 2. The number of anilines is 1. The predicted octanol–water partition coefficient (Wildman–Crippen LogP) is 1.84. The van der Waals surface area contributed by atoms with Gasteiger partial charge in [-0.1, -0.05) is 0 Å². The molecule has 0 saturated heterocycles. The molecule has 90 valence electrons. The van der Waals surface area contributed by atoms with E-state index in [1.165, 1.54) is 6.33 Å². The van der Waals surface area contributed by atoms with Crippen LogP contribution in [0.5, 0.6) is 11.5 Å². The van der Waals surface area contributed by atoms with Gasteiger partial charge in [-0.05, 0) is 6.07 Å². The molecule has 2 N–H and O–H groups in total. The van der Waals surface area contributed by atoms with Crippen LogP contribution in [-0.2, 0) is 0 Å². The van der Waals surface area contributed by atoms with Gasteiger partial charge in [-0.15, -0.1) is 11.6 Å². The average molecular weight is 254 g/mol. The van der Waals surface area contributed by atoms with Crippen LogP contribution in [0.15, 0.2) is 18.5 Å². The molecule has 17 heavy (non-hydrogen) atoms. The molecular formula is C11H12ClN3O2. The molecule has 0 unspecified atom stereocenters. The van der Waals surface area contributed by atoms with Gasteiger partial charge in [0.2, 0.25) is 0 Å². The van der Waals surface area contributed by atoms with Crippen molar-refractivity contribution < 1.29 is 9.47 Å². The number of benzene rings is 1. The lowest BCUT2D eigenvalue weighted by atomic mass is 10.2. The Morgan fingerprint density at radius 1 is 1.29 bits per heavy atom. The van der Waals surface area contributed by atoms with E-state index >= 15 is 0 Å². The first-order valence-electron chi connectivity index (χ1n) is 5.03. The number of aromatic nitrogens is 2. The lowest BCUT2D eigenvalue weighted by Gasteiger charge is -2.11. The van der Waals surface area contributed by atoms with Crippen LogP contribution in [0, 0.1) is 0 Å². The molecule has 0 saturated carbocycles. The summed E-state index contributed by atoms with van der Waals surface area (Å²) >= 11 is 5.58. The molecule has 0 atom stereocenters. The molecular weight excluding hydrogens is 242 g/mol. The number of rotatable bonds is 4. The Bertz CT molecular complexity index is 533. The van der Waals surface area contributed by atoms with Gasteiger partial charge in [0, 0.05) is 11.5 Å². The molecule has 6 heteroatoms. The van der Waals surface area contributed by atoms with E-state index in [1.54, 1.807) is 19.2 Å². The highest BCUT2D eigenvalue weighted by Gasteiger charge is 2.09. The fraction of sp³-hybridized carbons (Fsp3) is 0.273. The molecule has 5 nitrogen and oxygen atoms in total. The minimum absolute atomic E-state index is 0.407. The lowest BCUT2D eigenvalue weighted by Crippen LogP contribution is -2.01. The number of nitrogen functional groups attached to an aromatic ring is 1. The summed E-state index contributed by atoms with van der Waals surface area (Å²) < 4.78 is 10.7.